The lowest BCUT2D eigenvalue weighted by Crippen LogP contribution is -2.12. The Hall–Kier alpha value is -2.01. The number of anilines is 1. The van der Waals surface area contributed by atoms with Gasteiger partial charge in [0, 0.05) is 25.9 Å². The highest BCUT2D eigenvalue weighted by Gasteiger charge is 2.13. The van der Waals surface area contributed by atoms with E-state index in [9.17, 15) is 4.79 Å². The van der Waals surface area contributed by atoms with Gasteiger partial charge in [-0.1, -0.05) is 17.7 Å². The Labute approximate surface area is 116 Å². The average molecular weight is 280 g/mol. The van der Waals surface area contributed by atoms with Gasteiger partial charge in [0.05, 0.1) is 22.9 Å². The van der Waals surface area contributed by atoms with Crippen LogP contribution in [0.3, 0.4) is 0 Å². The minimum absolute atomic E-state index is 0.242. The number of imidazole rings is 1. The number of hydrogen-bond acceptors (Lipinski definition) is 4. The molecule has 19 heavy (non-hydrogen) atoms. The van der Waals surface area contributed by atoms with Crippen LogP contribution < -0.4 is 5.73 Å². The normalized spacial score (nSPS) is 10.4. The van der Waals surface area contributed by atoms with Gasteiger partial charge in [0.2, 0.25) is 0 Å². The van der Waals surface area contributed by atoms with E-state index in [1.165, 1.54) is 0 Å². The molecule has 2 rings (SSSR count). The van der Waals surface area contributed by atoms with Crippen LogP contribution in [0.25, 0.3) is 0 Å². The third-order valence-corrected chi connectivity index (χ3v) is 3.08. The van der Waals surface area contributed by atoms with Gasteiger partial charge in [-0.15, -0.1) is 0 Å². The lowest BCUT2D eigenvalue weighted by atomic mass is 10.2. The number of halogens is 1. The fraction of sp³-hybridized carbons (Fsp3) is 0.231. The van der Waals surface area contributed by atoms with Gasteiger partial charge in [0.1, 0.15) is 5.82 Å². The third-order valence-electron chi connectivity index (χ3n) is 2.75. The molecule has 1 aromatic carbocycles. The molecular weight excluding hydrogens is 266 g/mol. The van der Waals surface area contributed by atoms with E-state index in [0.29, 0.717) is 11.4 Å². The molecule has 0 aliphatic carbocycles. The predicted molar refractivity (Wildman–Crippen MR) is 73.1 cm³/mol. The number of benzene rings is 1. The maximum Gasteiger partial charge on any atom is 0.340 e. The maximum atomic E-state index is 11.8. The molecule has 0 radical (unpaired) electrons. The van der Waals surface area contributed by atoms with Gasteiger partial charge < -0.3 is 15.0 Å². The van der Waals surface area contributed by atoms with Crippen LogP contribution >= 0.6 is 11.6 Å². The number of ether oxygens (including phenoxy) is 1. The first-order chi connectivity index (χ1) is 9.09. The molecule has 0 unspecified atom stereocenters. The summed E-state index contributed by atoms with van der Waals surface area (Å²) >= 11 is 5.85. The van der Waals surface area contributed by atoms with Crippen molar-refractivity contribution in [2.45, 2.75) is 6.42 Å². The largest absolute Gasteiger partial charge is 0.462 e. The van der Waals surface area contributed by atoms with E-state index < -0.39 is 5.97 Å². The summed E-state index contributed by atoms with van der Waals surface area (Å²) in [5.74, 6) is 0.376. The van der Waals surface area contributed by atoms with Gasteiger partial charge in [-0.05, 0) is 12.1 Å². The Morgan fingerprint density at radius 1 is 1.53 bits per heavy atom. The van der Waals surface area contributed by atoms with Crippen molar-refractivity contribution < 1.29 is 9.53 Å². The quantitative estimate of drug-likeness (QED) is 0.687. The Morgan fingerprint density at radius 3 is 3.00 bits per heavy atom. The second kappa shape index (κ2) is 5.75. The van der Waals surface area contributed by atoms with Crippen molar-refractivity contribution >= 4 is 23.3 Å². The summed E-state index contributed by atoms with van der Waals surface area (Å²) < 4.78 is 7.04. The third kappa shape index (κ3) is 3.06. The van der Waals surface area contributed by atoms with Crippen molar-refractivity contribution in [1.82, 2.24) is 9.55 Å². The molecule has 2 N–H and O–H groups in total. The zero-order valence-corrected chi connectivity index (χ0v) is 11.2. The summed E-state index contributed by atoms with van der Waals surface area (Å²) in [6, 6.07) is 4.87. The van der Waals surface area contributed by atoms with Crippen LogP contribution in [0.4, 0.5) is 5.69 Å². The Kier molecular flexibility index (Phi) is 4.06. The maximum absolute atomic E-state index is 11.8. The SMILES string of the molecule is Cn1ccnc1CCOC(=O)c1cccc(Cl)c1N. The Morgan fingerprint density at radius 2 is 2.32 bits per heavy atom. The van der Waals surface area contributed by atoms with Crippen LogP contribution in [0.1, 0.15) is 16.2 Å². The Balaban J connectivity index is 1.95. The van der Waals surface area contributed by atoms with Gasteiger partial charge in [0.25, 0.3) is 0 Å². The fourth-order valence-electron chi connectivity index (χ4n) is 1.67. The van der Waals surface area contributed by atoms with Crippen molar-refractivity contribution in [3.63, 3.8) is 0 Å². The summed E-state index contributed by atoms with van der Waals surface area (Å²) in [4.78, 5) is 16.0. The molecule has 1 aromatic heterocycles. The second-order valence-corrected chi connectivity index (χ2v) is 4.45. The van der Waals surface area contributed by atoms with E-state index in [2.05, 4.69) is 4.98 Å². The molecule has 0 spiro atoms. The number of hydrogen-bond donors (Lipinski definition) is 1. The first-order valence-corrected chi connectivity index (χ1v) is 6.14. The number of nitrogens with zero attached hydrogens (tertiary/aromatic N) is 2. The molecular formula is C13H14ClN3O2. The number of carbonyl (C=O) groups is 1. The number of rotatable bonds is 4. The smallest absolute Gasteiger partial charge is 0.340 e. The molecule has 2 aromatic rings. The number of para-hydroxylation sites is 1. The minimum Gasteiger partial charge on any atom is -0.462 e. The van der Waals surface area contributed by atoms with E-state index >= 15 is 0 Å². The van der Waals surface area contributed by atoms with E-state index in [1.807, 2.05) is 17.8 Å². The molecule has 100 valence electrons. The predicted octanol–water partition coefficient (Wildman–Crippen LogP) is 2.06. The van der Waals surface area contributed by atoms with Crippen LogP contribution in [-0.2, 0) is 18.2 Å². The molecule has 0 aliphatic rings. The summed E-state index contributed by atoms with van der Waals surface area (Å²) in [7, 11) is 1.89. The molecule has 6 heteroatoms. The summed E-state index contributed by atoms with van der Waals surface area (Å²) in [6.45, 7) is 0.246. The topological polar surface area (TPSA) is 70.1 Å². The first kappa shape index (κ1) is 13.4. The summed E-state index contributed by atoms with van der Waals surface area (Å²) in [6.07, 6.45) is 4.09. The molecule has 0 aliphatic heterocycles. The molecule has 0 fully saturated rings. The Bertz CT molecular complexity index is 595. The van der Waals surface area contributed by atoms with Crippen molar-refractivity contribution in [2.75, 3.05) is 12.3 Å². The molecule has 5 nitrogen and oxygen atoms in total. The number of nitrogen functional groups attached to an aromatic ring is 1. The minimum atomic E-state index is -0.478. The highest BCUT2D eigenvalue weighted by molar-refractivity contribution is 6.33. The molecule has 0 atom stereocenters. The second-order valence-electron chi connectivity index (χ2n) is 4.04. The zero-order valence-electron chi connectivity index (χ0n) is 10.5. The zero-order chi connectivity index (χ0) is 13.8. The standard InChI is InChI=1S/C13H14ClN3O2/c1-17-7-6-16-11(17)5-8-19-13(18)9-3-2-4-10(14)12(9)15/h2-4,6-7H,5,8,15H2,1H3. The van der Waals surface area contributed by atoms with Crippen molar-refractivity contribution in [3.8, 4) is 0 Å². The first-order valence-electron chi connectivity index (χ1n) is 5.77. The molecule has 0 amide bonds. The van der Waals surface area contributed by atoms with Crippen LogP contribution in [0, 0.1) is 0 Å². The average Bonchev–Trinajstić information content (AvgIpc) is 2.78. The van der Waals surface area contributed by atoms with Gasteiger partial charge in [-0.3, -0.25) is 0 Å². The fourth-order valence-corrected chi connectivity index (χ4v) is 1.84. The number of aryl methyl sites for hydroxylation is 1. The number of nitrogens with two attached hydrogens (primary N) is 1. The van der Waals surface area contributed by atoms with Gasteiger partial charge in [0.15, 0.2) is 0 Å². The lowest BCUT2D eigenvalue weighted by Gasteiger charge is -2.08. The van der Waals surface area contributed by atoms with Crippen molar-refractivity contribution in [3.05, 3.63) is 47.0 Å². The number of carbonyl (C=O) groups excluding carboxylic acids is 1. The van der Waals surface area contributed by atoms with Crippen molar-refractivity contribution in [1.29, 1.82) is 0 Å². The monoisotopic (exact) mass is 279 g/mol. The van der Waals surface area contributed by atoms with E-state index in [0.717, 1.165) is 5.82 Å². The van der Waals surface area contributed by atoms with Gasteiger partial charge in [-0.2, -0.15) is 0 Å². The molecule has 0 saturated heterocycles. The highest BCUT2D eigenvalue weighted by Crippen LogP contribution is 2.22. The lowest BCUT2D eigenvalue weighted by molar-refractivity contribution is 0.0508. The van der Waals surface area contributed by atoms with Gasteiger partial charge in [-0.25, -0.2) is 9.78 Å². The summed E-state index contributed by atoms with van der Waals surface area (Å²) in [5.41, 5.74) is 6.25. The van der Waals surface area contributed by atoms with E-state index in [1.54, 1.807) is 24.4 Å². The summed E-state index contributed by atoms with van der Waals surface area (Å²) in [5, 5.41) is 0.346. The van der Waals surface area contributed by atoms with Crippen LogP contribution in [0.2, 0.25) is 5.02 Å². The van der Waals surface area contributed by atoms with Gasteiger partial charge >= 0.3 is 5.97 Å². The number of esters is 1. The number of aromatic nitrogens is 2. The van der Waals surface area contributed by atoms with E-state index in [4.69, 9.17) is 22.1 Å². The molecule has 1 heterocycles. The molecule has 0 bridgehead atoms. The van der Waals surface area contributed by atoms with Crippen LogP contribution in [0.15, 0.2) is 30.6 Å². The van der Waals surface area contributed by atoms with Crippen LogP contribution in [0.5, 0.6) is 0 Å². The molecule has 0 saturated carbocycles. The van der Waals surface area contributed by atoms with E-state index in [-0.39, 0.29) is 17.9 Å². The van der Waals surface area contributed by atoms with Crippen LogP contribution in [-0.4, -0.2) is 22.1 Å². The van der Waals surface area contributed by atoms with Crippen molar-refractivity contribution in [2.24, 2.45) is 7.05 Å². The highest BCUT2D eigenvalue weighted by atomic mass is 35.5.